The summed E-state index contributed by atoms with van der Waals surface area (Å²) < 4.78 is 0. The maximum Gasteiger partial charge on any atom is 0.220 e. The van der Waals surface area contributed by atoms with Crippen molar-refractivity contribution in [2.75, 3.05) is 12.3 Å². The van der Waals surface area contributed by atoms with E-state index in [-0.39, 0.29) is 11.7 Å². The number of carboxylic acids is 1. The number of thiol groups is 1. The summed E-state index contributed by atoms with van der Waals surface area (Å²) in [6, 6.07) is -0.987. The molecule has 0 bridgehead atoms. The van der Waals surface area contributed by atoms with Crippen LogP contribution in [0.15, 0.2) is 0 Å². The van der Waals surface area contributed by atoms with Crippen LogP contribution in [-0.2, 0) is 9.59 Å². The molecular weight excluding hydrogens is 300 g/mol. The van der Waals surface area contributed by atoms with Crippen molar-refractivity contribution in [3.63, 3.8) is 0 Å². The van der Waals surface area contributed by atoms with Crippen LogP contribution in [0.2, 0.25) is 0 Å². The van der Waals surface area contributed by atoms with E-state index < -0.39 is 12.0 Å². The van der Waals surface area contributed by atoms with Gasteiger partial charge in [0, 0.05) is 12.2 Å². The zero-order valence-electron chi connectivity index (χ0n) is 13.6. The van der Waals surface area contributed by atoms with Crippen LogP contribution in [0.25, 0.3) is 0 Å². The predicted octanol–water partition coefficient (Wildman–Crippen LogP) is 0.684. The van der Waals surface area contributed by atoms with Crippen LogP contribution in [-0.4, -0.2) is 30.2 Å². The number of carbonyl (C=O) groups excluding carboxylic acids is 2. The summed E-state index contributed by atoms with van der Waals surface area (Å²) in [7, 11) is 0. The lowest BCUT2D eigenvalue weighted by molar-refractivity contribution is -0.368. The monoisotopic (exact) mass is 332 g/mol. The Morgan fingerprint density at radius 1 is 0.909 bits per heavy atom. The first-order valence-corrected chi connectivity index (χ1v) is 9.15. The molecule has 0 spiro atoms. The van der Waals surface area contributed by atoms with Crippen molar-refractivity contribution in [1.82, 2.24) is 5.32 Å². The molecule has 0 rings (SSSR count). The van der Waals surface area contributed by atoms with Crippen LogP contribution < -0.4 is 16.2 Å². The Kier molecular flexibility index (Phi) is 14.6. The normalized spacial score (nSPS) is 12.1. The molecule has 0 saturated heterocycles. The van der Waals surface area contributed by atoms with E-state index >= 15 is 0 Å². The maximum atomic E-state index is 11.5. The minimum absolute atomic E-state index is 0.0584. The molecule has 0 radical (unpaired) electrons. The molecule has 0 aromatic rings. The third kappa shape index (κ3) is 13.0. The molecule has 22 heavy (non-hydrogen) atoms. The zero-order chi connectivity index (χ0) is 16.6. The average molecular weight is 333 g/mol. The number of aliphatic carboxylic acids is 1. The number of nitrogens with one attached hydrogen (secondary N) is 1. The number of quaternary nitrogens is 1. The molecule has 1 unspecified atom stereocenters. The van der Waals surface area contributed by atoms with Gasteiger partial charge in [-0.15, -0.1) is 0 Å². The zero-order valence-corrected chi connectivity index (χ0v) is 14.5. The SMILES string of the molecule is [NH3+]CCCCCCCCCCCCC(=O)NC(CS)C(=O)[O-]. The highest BCUT2D eigenvalue weighted by molar-refractivity contribution is 7.80. The smallest absolute Gasteiger partial charge is 0.220 e. The molecule has 4 N–H and O–H groups in total. The lowest BCUT2D eigenvalue weighted by Gasteiger charge is -2.17. The van der Waals surface area contributed by atoms with Crippen LogP contribution in [0.4, 0.5) is 0 Å². The van der Waals surface area contributed by atoms with E-state index in [1.54, 1.807) is 0 Å². The fourth-order valence-electron chi connectivity index (χ4n) is 2.32. The maximum absolute atomic E-state index is 11.5. The van der Waals surface area contributed by atoms with Crippen molar-refractivity contribution < 1.29 is 20.4 Å². The average Bonchev–Trinajstić information content (AvgIpc) is 2.50. The van der Waals surface area contributed by atoms with E-state index in [9.17, 15) is 14.7 Å². The molecule has 0 heterocycles. The first-order valence-electron chi connectivity index (χ1n) is 8.52. The summed E-state index contributed by atoms with van der Waals surface area (Å²) in [5.41, 5.74) is 3.84. The van der Waals surface area contributed by atoms with Crippen molar-refractivity contribution >= 4 is 24.5 Å². The number of rotatable bonds is 15. The third-order valence-electron chi connectivity index (χ3n) is 3.71. The van der Waals surface area contributed by atoms with Gasteiger partial charge in [0.2, 0.25) is 5.91 Å². The number of hydrogen-bond acceptors (Lipinski definition) is 4. The van der Waals surface area contributed by atoms with E-state index in [0.29, 0.717) is 6.42 Å². The number of amides is 1. The van der Waals surface area contributed by atoms with Crippen LogP contribution >= 0.6 is 12.6 Å². The van der Waals surface area contributed by atoms with Crippen molar-refractivity contribution in [2.45, 2.75) is 76.7 Å². The molecule has 0 aromatic heterocycles. The molecule has 5 nitrogen and oxygen atoms in total. The predicted molar refractivity (Wildman–Crippen MR) is 89.3 cm³/mol. The quantitative estimate of drug-likeness (QED) is 0.304. The molecule has 0 saturated carbocycles. The van der Waals surface area contributed by atoms with Gasteiger partial charge in [0.25, 0.3) is 0 Å². The van der Waals surface area contributed by atoms with Crippen molar-refractivity contribution in [2.24, 2.45) is 0 Å². The van der Waals surface area contributed by atoms with Gasteiger partial charge in [0.05, 0.1) is 18.6 Å². The van der Waals surface area contributed by atoms with Crippen LogP contribution in [0.1, 0.15) is 70.6 Å². The molecule has 0 aliphatic rings. The van der Waals surface area contributed by atoms with Crippen molar-refractivity contribution in [3.8, 4) is 0 Å². The summed E-state index contributed by atoms with van der Waals surface area (Å²) in [6.07, 6.45) is 12.3. The summed E-state index contributed by atoms with van der Waals surface area (Å²) in [6.45, 7) is 1.05. The molecular formula is C16H32N2O3S. The molecule has 0 aliphatic carbocycles. The second kappa shape index (κ2) is 15.2. The second-order valence-electron chi connectivity index (χ2n) is 5.76. The minimum atomic E-state index is -1.28. The van der Waals surface area contributed by atoms with Crippen molar-refractivity contribution in [3.05, 3.63) is 0 Å². The van der Waals surface area contributed by atoms with Gasteiger partial charge in [0.1, 0.15) is 0 Å². The topological polar surface area (TPSA) is 96.9 Å². The Labute approximate surface area is 139 Å². The fraction of sp³-hybridized carbons (Fsp3) is 0.875. The molecule has 1 atom stereocenters. The van der Waals surface area contributed by atoms with E-state index in [1.807, 2.05) is 0 Å². The van der Waals surface area contributed by atoms with Crippen molar-refractivity contribution in [1.29, 1.82) is 0 Å². The number of unbranched alkanes of at least 4 members (excludes halogenated alkanes) is 9. The van der Waals surface area contributed by atoms with Gasteiger partial charge < -0.3 is 21.0 Å². The Hall–Kier alpha value is -0.750. The summed E-state index contributed by atoms with van der Waals surface area (Å²) >= 11 is 3.87. The Balaban J connectivity index is 3.35. The number of carbonyl (C=O) groups is 2. The lowest BCUT2D eigenvalue weighted by atomic mass is 10.1. The van der Waals surface area contributed by atoms with E-state index in [1.165, 1.54) is 44.9 Å². The fourth-order valence-corrected chi connectivity index (χ4v) is 2.56. The van der Waals surface area contributed by atoms with E-state index in [2.05, 4.69) is 23.7 Å². The summed E-state index contributed by atoms with van der Waals surface area (Å²) in [5, 5.41) is 13.1. The first-order chi connectivity index (χ1) is 10.6. The first kappa shape index (κ1) is 21.2. The summed E-state index contributed by atoms with van der Waals surface area (Å²) in [5.74, 6) is -1.45. The highest BCUT2D eigenvalue weighted by atomic mass is 32.1. The summed E-state index contributed by atoms with van der Waals surface area (Å²) in [4.78, 5) is 22.2. The van der Waals surface area contributed by atoms with E-state index in [4.69, 9.17) is 0 Å². The van der Waals surface area contributed by atoms with Gasteiger partial charge in [-0.2, -0.15) is 12.6 Å². The van der Waals surface area contributed by atoms with Gasteiger partial charge >= 0.3 is 0 Å². The molecule has 6 heteroatoms. The van der Waals surface area contributed by atoms with Gasteiger partial charge in [-0.25, -0.2) is 0 Å². The van der Waals surface area contributed by atoms with Gasteiger partial charge in [-0.1, -0.05) is 44.9 Å². The number of carboxylic acid groups (broad SMARTS) is 1. The molecule has 1 amide bonds. The Morgan fingerprint density at radius 3 is 1.77 bits per heavy atom. The largest absolute Gasteiger partial charge is 0.548 e. The van der Waals surface area contributed by atoms with Crippen LogP contribution in [0.3, 0.4) is 0 Å². The van der Waals surface area contributed by atoms with Crippen LogP contribution in [0, 0.1) is 0 Å². The highest BCUT2D eigenvalue weighted by Gasteiger charge is 2.10. The molecule has 130 valence electrons. The molecule has 0 fully saturated rings. The second-order valence-corrected chi connectivity index (χ2v) is 6.13. The standard InChI is InChI=1S/C16H32N2O3S/c17-12-10-8-6-4-2-1-3-5-7-9-11-15(19)18-14(13-22)16(20)21/h14,22H,1-13,17H2,(H,18,19)(H,20,21). The van der Waals surface area contributed by atoms with Crippen LogP contribution in [0.5, 0.6) is 0 Å². The van der Waals surface area contributed by atoms with E-state index in [0.717, 1.165) is 25.8 Å². The van der Waals surface area contributed by atoms with Gasteiger partial charge in [-0.05, 0) is 19.3 Å². The number of hydrogen-bond donors (Lipinski definition) is 3. The lowest BCUT2D eigenvalue weighted by Crippen LogP contribution is -2.50. The minimum Gasteiger partial charge on any atom is -0.548 e. The Bertz CT molecular complexity index is 301. The van der Waals surface area contributed by atoms with Gasteiger partial charge in [0.15, 0.2) is 0 Å². The highest BCUT2D eigenvalue weighted by Crippen LogP contribution is 2.11. The molecule has 0 aromatic carbocycles. The third-order valence-corrected chi connectivity index (χ3v) is 4.07. The van der Waals surface area contributed by atoms with Gasteiger partial charge in [-0.3, -0.25) is 4.79 Å². The molecule has 0 aliphatic heterocycles. The Morgan fingerprint density at radius 2 is 1.36 bits per heavy atom.